The van der Waals surface area contributed by atoms with E-state index in [1.807, 2.05) is 48.5 Å². The number of para-hydroxylation sites is 2. The Morgan fingerprint density at radius 2 is 1.32 bits per heavy atom. The molecule has 140 valence electrons. The number of allylic oxidation sites excluding steroid dienone is 1. The number of nitrogens with one attached hydrogen (secondary N) is 2. The zero-order valence-corrected chi connectivity index (χ0v) is 15.3. The van der Waals surface area contributed by atoms with Crippen molar-refractivity contribution in [2.45, 2.75) is 6.92 Å². The summed E-state index contributed by atoms with van der Waals surface area (Å²) in [6.07, 6.45) is 1.47. The van der Waals surface area contributed by atoms with Crippen LogP contribution in [0.2, 0.25) is 0 Å². The molecule has 4 nitrogen and oxygen atoms in total. The van der Waals surface area contributed by atoms with Crippen LogP contribution in [0.3, 0.4) is 0 Å². The number of benzene rings is 3. The topological polar surface area (TPSA) is 58.2 Å². The van der Waals surface area contributed by atoms with Gasteiger partial charge in [-0.2, -0.15) is 0 Å². The Labute approximate surface area is 162 Å². The van der Waals surface area contributed by atoms with Crippen molar-refractivity contribution in [3.8, 4) is 0 Å². The second-order valence-corrected chi connectivity index (χ2v) is 6.15. The summed E-state index contributed by atoms with van der Waals surface area (Å²) < 4.78 is 13.1. The van der Waals surface area contributed by atoms with Gasteiger partial charge in [0.05, 0.1) is 11.4 Å². The first-order valence-electron chi connectivity index (χ1n) is 8.73. The van der Waals surface area contributed by atoms with E-state index in [2.05, 4.69) is 10.6 Å². The first-order chi connectivity index (χ1) is 13.5. The number of amides is 1. The molecule has 0 aromatic heterocycles. The highest BCUT2D eigenvalue weighted by atomic mass is 19.1. The molecule has 0 saturated carbocycles. The molecule has 0 saturated heterocycles. The van der Waals surface area contributed by atoms with Crippen LogP contribution in [0.5, 0.6) is 0 Å². The van der Waals surface area contributed by atoms with E-state index in [0.29, 0.717) is 22.6 Å². The molecule has 2 N–H and O–H groups in total. The third-order valence-corrected chi connectivity index (χ3v) is 4.00. The van der Waals surface area contributed by atoms with E-state index in [4.69, 9.17) is 0 Å². The Kier molecular flexibility index (Phi) is 5.97. The van der Waals surface area contributed by atoms with E-state index >= 15 is 0 Å². The maximum Gasteiger partial charge on any atom is 0.221 e. The fourth-order valence-electron chi connectivity index (χ4n) is 2.67. The number of hydrogen-bond donors (Lipinski definition) is 2. The molecule has 0 heterocycles. The lowest BCUT2D eigenvalue weighted by Gasteiger charge is -2.15. The summed E-state index contributed by atoms with van der Waals surface area (Å²) in [5.41, 5.74) is 3.00. The fraction of sp³-hybridized carbons (Fsp3) is 0.0435. The van der Waals surface area contributed by atoms with Crippen molar-refractivity contribution in [3.05, 3.63) is 102 Å². The van der Waals surface area contributed by atoms with Gasteiger partial charge in [0, 0.05) is 24.3 Å². The molecule has 0 spiro atoms. The van der Waals surface area contributed by atoms with Crippen LogP contribution in [0.4, 0.5) is 15.8 Å². The molecule has 3 aromatic rings. The van der Waals surface area contributed by atoms with E-state index in [9.17, 15) is 14.0 Å². The van der Waals surface area contributed by atoms with Crippen LogP contribution in [-0.2, 0) is 4.79 Å². The predicted molar refractivity (Wildman–Crippen MR) is 110 cm³/mol. The minimum Gasteiger partial charge on any atom is -0.353 e. The lowest BCUT2D eigenvalue weighted by atomic mass is 10.1. The van der Waals surface area contributed by atoms with Crippen molar-refractivity contribution >= 4 is 28.8 Å². The molecular formula is C23H19FN2O2. The first kappa shape index (κ1) is 19.0. The molecule has 0 unspecified atom stereocenters. The van der Waals surface area contributed by atoms with Crippen LogP contribution in [0, 0.1) is 5.82 Å². The largest absolute Gasteiger partial charge is 0.353 e. The molecular weight excluding hydrogens is 355 g/mol. The Balaban J connectivity index is 1.98. The summed E-state index contributed by atoms with van der Waals surface area (Å²) in [5, 5.41) is 6.00. The van der Waals surface area contributed by atoms with Gasteiger partial charge >= 0.3 is 0 Å². The Hall–Kier alpha value is -3.73. The summed E-state index contributed by atoms with van der Waals surface area (Å²) >= 11 is 0. The van der Waals surface area contributed by atoms with Crippen molar-refractivity contribution in [2.24, 2.45) is 0 Å². The summed E-state index contributed by atoms with van der Waals surface area (Å²) in [4.78, 5) is 24.2. The quantitative estimate of drug-likeness (QED) is 0.465. The van der Waals surface area contributed by atoms with Crippen molar-refractivity contribution in [1.82, 2.24) is 0 Å². The van der Waals surface area contributed by atoms with Gasteiger partial charge in [-0.25, -0.2) is 4.39 Å². The van der Waals surface area contributed by atoms with E-state index in [1.54, 1.807) is 6.07 Å². The van der Waals surface area contributed by atoms with E-state index in [-0.39, 0.29) is 11.7 Å². The van der Waals surface area contributed by atoms with Crippen LogP contribution < -0.4 is 10.6 Å². The SMILES string of the molecule is CC(=O)Nc1ccccc1NC(=CC(=O)c1ccc(F)cc1)c1ccccc1. The van der Waals surface area contributed by atoms with Crippen LogP contribution in [0.1, 0.15) is 22.8 Å². The van der Waals surface area contributed by atoms with Crippen LogP contribution in [-0.4, -0.2) is 11.7 Å². The molecule has 0 radical (unpaired) electrons. The zero-order valence-electron chi connectivity index (χ0n) is 15.3. The standard InChI is InChI=1S/C23H19FN2O2/c1-16(27)25-20-9-5-6-10-21(20)26-22(17-7-3-2-4-8-17)15-23(28)18-11-13-19(24)14-12-18/h2-15,26H,1H3,(H,25,27). The van der Waals surface area contributed by atoms with Crippen LogP contribution >= 0.6 is 0 Å². The molecule has 0 bridgehead atoms. The third-order valence-electron chi connectivity index (χ3n) is 4.00. The third kappa shape index (κ3) is 4.92. The van der Waals surface area contributed by atoms with Gasteiger partial charge in [-0.05, 0) is 42.0 Å². The molecule has 3 rings (SSSR count). The lowest BCUT2D eigenvalue weighted by Crippen LogP contribution is -2.10. The molecule has 1 amide bonds. The highest BCUT2D eigenvalue weighted by molar-refractivity contribution is 6.10. The maximum absolute atomic E-state index is 13.1. The number of carbonyl (C=O) groups excluding carboxylic acids is 2. The zero-order chi connectivity index (χ0) is 19.9. The smallest absolute Gasteiger partial charge is 0.221 e. The molecule has 3 aromatic carbocycles. The monoisotopic (exact) mass is 374 g/mol. The summed E-state index contributed by atoms with van der Waals surface area (Å²) in [5.74, 6) is -0.851. The Bertz CT molecular complexity index is 1010. The van der Waals surface area contributed by atoms with Gasteiger partial charge in [0.2, 0.25) is 5.91 Å². The molecule has 0 fully saturated rings. The first-order valence-corrected chi connectivity index (χ1v) is 8.73. The predicted octanol–water partition coefficient (Wildman–Crippen LogP) is 5.12. The molecule has 0 aliphatic heterocycles. The highest BCUT2D eigenvalue weighted by Gasteiger charge is 2.10. The Morgan fingerprint density at radius 3 is 1.93 bits per heavy atom. The molecule has 0 atom stereocenters. The van der Waals surface area contributed by atoms with E-state index < -0.39 is 5.82 Å². The minimum absolute atomic E-state index is 0.193. The average Bonchev–Trinajstić information content (AvgIpc) is 2.69. The fourth-order valence-corrected chi connectivity index (χ4v) is 2.67. The molecule has 0 aliphatic rings. The Morgan fingerprint density at radius 1 is 0.750 bits per heavy atom. The van der Waals surface area contributed by atoms with Gasteiger partial charge in [0.1, 0.15) is 5.82 Å². The number of carbonyl (C=O) groups is 2. The minimum atomic E-state index is -0.397. The van der Waals surface area contributed by atoms with Gasteiger partial charge in [-0.3, -0.25) is 9.59 Å². The van der Waals surface area contributed by atoms with Crippen LogP contribution in [0.15, 0.2) is 84.9 Å². The van der Waals surface area contributed by atoms with Crippen molar-refractivity contribution in [3.63, 3.8) is 0 Å². The van der Waals surface area contributed by atoms with E-state index in [0.717, 1.165) is 5.56 Å². The van der Waals surface area contributed by atoms with Gasteiger partial charge < -0.3 is 10.6 Å². The molecule has 5 heteroatoms. The summed E-state index contributed by atoms with van der Waals surface area (Å²) in [7, 11) is 0. The van der Waals surface area contributed by atoms with Crippen molar-refractivity contribution in [1.29, 1.82) is 0 Å². The molecule has 28 heavy (non-hydrogen) atoms. The second kappa shape index (κ2) is 8.77. The van der Waals surface area contributed by atoms with E-state index in [1.165, 1.54) is 37.3 Å². The average molecular weight is 374 g/mol. The lowest BCUT2D eigenvalue weighted by molar-refractivity contribution is -0.114. The number of ketones is 1. The van der Waals surface area contributed by atoms with Gasteiger partial charge in [0.15, 0.2) is 5.78 Å². The van der Waals surface area contributed by atoms with Crippen LogP contribution in [0.25, 0.3) is 5.70 Å². The van der Waals surface area contributed by atoms with Crippen molar-refractivity contribution in [2.75, 3.05) is 10.6 Å². The summed E-state index contributed by atoms with van der Waals surface area (Å²) in [6, 6.07) is 22.0. The second-order valence-electron chi connectivity index (χ2n) is 6.15. The normalized spacial score (nSPS) is 11.0. The molecule has 0 aliphatic carbocycles. The highest BCUT2D eigenvalue weighted by Crippen LogP contribution is 2.26. The van der Waals surface area contributed by atoms with Gasteiger partial charge in [0.25, 0.3) is 0 Å². The number of rotatable bonds is 6. The van der Waals surface area contributed by atoms with Crippen molar-refractivity contribution < 1.29 is 14.0 Å². The maximum atomic E-state index is 13.1. The number of halogens is 1. The summed E-state index contributed by atoms with van der Waals surface area (Å²) in [6.45, 7) is 1.43. The number of hydrogen-bond acceptors (Lipinski definition) is 3. The van der Waals surface area contributed by atoms with Gasteiger partial charge in [-0.15, -0.1) is 0 Å². The number of anilines is 2. The van der Waals surface area contributed by atoms with Gasteiger partial charge in [-0.1, -0.05) is 42.5 Å².